The molecular weight excluding hydrogens is 509 g/mol. The highest BCUT2D eigenvalue weighted by Gasteiger charge is 2.29. The van der Waals surface area contributed by atoms with Gasteiger partial charge in [-0.05, 0) is 51.1 Å². The van der Waals surface area contributed by atoms with Crippen LogP contribution in [0.5, 0.6) is 0 Å². The molecule has 2 amide bonds. The third-order valence-electron chi connectivity index (χ3n) is 5.76. The summed E-state index contributed by atoms with van der Waals surface area (Å²) in [6, 6.07) is 8.63. The fourth-order valence-corrected chi connectivity index (χ4v) is 4.88. The molecule has 2 aromatic rings. The Hall–Kier alpha value is -3.63. The number of aromatic nitrogens is 1. The van der Waals surface area contributed by atoms with E-state index in [9.17, 15) is 32.8 Å². The molecule has 0 unspecified atom stereocenters. The summed E-state index contributed by atoms with van der Waals surface area (Å²) in [5, 5.41) is 14.1. The Balaban J connectivity index is 1.86. The summed E-state index contributed by atoms with van der Waals surface area (Å²) in [6.45, 7) is 2.28. The zero-order valence-electron chi connectivity index (χ0n) is 20.4. The minimum Gasteiger partial charge on any atom is -0.360 e. The first-order valence-corrected chi connectivity index (χ1v) is 12.4. The Morgan fingerprint density at radius 1 is 1.27 bits per heavy atom. The lowest BCUT2D eigenvalue weighted by atomic mass is 10.2. The normalized spacial score (nSPS) is 15.3. The van der Waals surface area contributed by atoms with Gasteiger partial charge in [0.15, 0.2) is 5.57 Å². The van der Waals surface area contributed by atoms with Crippen molar-refractivity contribution in [2.45, 2.75) is 32.5 Å². The van der Waals surface area contributed by atoms with Crippen molar-refractivity contribution in [3.8, 4) is 6.07 Å². The topological polar surface area (TPSA) is 110 Å². The van der Waals surface area contributed by atoms with E-state index in [1.165, 1.54) is 6.20 Å². The van der Waals surface area contributed by atoms with Gasteiger partial charge in [-0.2, -0.15) is 18.4 Å². The highest BCUT2D eigenvalue weighted by atomic mass is 32.1. The Morgan fingerprint density at radius 2 is 1.97 bits per heavy atom. The van der Waals surface area contributed by atoms with E-state index in [1.807, 2.05) is 0 Å². The van der Waals surface area contributed by atoms with Crippen molar-refractivity contribution in [2.24, 2.45) is 0 Å². The van der Waals surface area contributed by atoms with E-state index in [1.54, 1.807) is 54.5 Å². The largest absolute Gasteiger partial charge is 0.405 e. The molecule has 1 saturated heterocycles. The second kappa shape index (κ2) is 12.1. The minimum atomic E-state index is -4.64. The van der Waals surface area contributed by atoms with Crippen LogP contribution >= 0.6 is 11.3 Å². The molecular formula is C24H27F3N6O3S. The number of thiazole rings is 1. The van der Waals surface area contributed by atoms with E-state index in [2.05, 4.69) is 10.2 Å². The van der Waals surface area contributed by atoms with Gasteiger partial charge in [0, 0.05) is 31.2 Å². The van der Waals surface area contributed by atoms with Gasteiger partial charge < -0.3 is 15.5 Å². The molecule has 0 saturated carbocycles. The number of alkyl halides is 3. The summed E-state index contributed by atoms with van der Waals surface area (Å²) < 4.78 is 38.7. The van der Waals surface area contributed by atoms with Crippen molar-refractivity contribution in [3.05, 3.63) is 43.8 Å². The summed E-state index contributed by atoms with van der Waals surface area (Å²) in [7, 11) is 1.69. The van der Waals surface area contributed by atoms with Crippen LogP contribution in [0.25, 0.3) is 11.8 Å². The van der Waals surface area contributed by atoms with E-state index in [-0.39, 0.29) is 21.6 Å². The lowest BCUT2D eigenvalue weighted by Crippen LogP contribution is -2.37. The minimum absolute atomic E-state index is 0.0382. The van der Waals surface area contributed by atoms with Gasteiger partial charge in [-0.25, -0.2) is 0 Å². The highest BCUT2D eigenvalue weighted by molar-refractivity contribution is 7.07. The van der Waals surface area contributed by atoms with Gasteiger partial charge in [-0.3, -0.25) is 23.9 Å². The SMILES string of the molecule is CCn1c(=O)/c(=C\Nc2cccc(N(C)C(=O)CN3CCCC3)c2)s/c1=C(/C#N)C(=O)NCC(F)(F)F. The maximum Gasteiger partial charge on any atom is 0.405 e. The number of carbonyl (C=O) groups is 2. The lowest BCUT2D eigenvalue weighted by Gasteiger charge is -2.21. The fourth-order valence-electron chi connectivity index (χ4n) is 3.79. The first kappa shape index (κ1) is 27.9. The molecule has 1 fully saturated rings. The zero-order valence-corrected chi connectivity index (χ0v) is 21.2. The number of hydrogen-bond acceptors (Lipinski definition) is 7. The third-order valence-corrected chi connectivity index (χ3v) is 6.89. The molecule has 9 nitrogen and oxygen atoms in total. The molecule has 37 heavy (non-hydrogen) atoms. The first-order valence-electron chi connectivity index (χ1n) is 11.6. The number of likely N-dealkylation sites (N-methyl/N-ethyl adjacent to an activating group) is 1. The first-order chi connectivity index (χ1) is 17.5. The van der Waals surface area contributed by atoms with E-state index < -0.39 is 29.8 Å². The number of hydrogen-bond donors (Lipinski definition) is 2. The van der Waals surface area contributed by atoms with Crippen LogP contribution in [-0.4, -0.2) is 60.7 Å². The molecule has 3 rings (SSSR count). The Bertz CT molecular complexity index is 1370. The van der Waals surface area contributed by atoms with Crippen LogP contribution in [0.2, 0.25) is 0 Å². The number of anilines is 2. The summed E-state index contributed by atoms with van der Waals surface area (Å²) in [5.74, 6) is -1.25. The van der Waals surface area contributed by atoms with Crippen LogP contribution in [0.15, 0.2) is 29.1 Å². The Kier molecular flexibility index (Phi) is 9.12. The standard InChI is InChI=1S/C24H27F3N6O3S/c1-3-33-22(36)19(37-23(33)18(12-28)21(35)30-15-24(25,26)27)13-29-16-7-6-8-17(11-16)31(2)20(34)14-32-9-4-5-10-32/h6-8,11,13,29H,3-5,9-10,14-15H2,1-2H3,(H,30,35)/b19-13+,23-18-. The average Bonchev–Trinajstić information content (AvgIpc) is 3.48. The zero-order chi connectivity index (χ0) is 27.2. The number of rotatable bonds is 8. The maximum atomic E-state index is 12.8. The van der Waals surface area contributed by atoms with E-state index in [0.717, 1.165) is 41.8 Å². The van der Waals surface area contributed by atoms with Crippen LogP contribution in [0.1, 0.15) is 19.8 Å². The van der Waals surface area contributed by atoms with Gasteiger partial charge >= 0.3 is 6.18 Å². The van der Waals surface area contributed by atoms with Crippen LogP contribution in [-0.2, 0) is 16.1 Å². The number of likely N-dealkylation sites (tertiary alicyclic amines) is 1. The van der Waals surface area contributed by atoms with Crippen molar-refractivity contribution < 1.29 is 22.8 Å². The van der Waals surface area contributed by atoms with E-state index in [4.69, 9.17) is 0 Å². The van der Waals surface area contributed by atoms with Gasteiger partial charge in [0.1, 0.15) is 21.8 Å². The lowest BCUT2D eigenvalue weighted by molar-refractivity contribution is -0.135. The van der Waals surface area contributed by atoms with E-state index in [0.29, 0.717) is 17.9 Å². The van der Waals surface area contributed by atoms with Gasteiger partial charge in [0.25, 0.3) is 11.5 Å². The summed E-state index contributed by atoms with van der Waals surface area (Å²) in [4.78, 5) is 41.4. The molecule has 0 aliphatic carbocycles. The molecule has 1 aromatic heterocycles. The van der Waals surface area contributed by atoms with Gasteiger partial charge in [-0.15, -0.1) is 11.3 Å². The van der Waals surface area contributed by atoms with Crippen LogP contribution in [0, 0.1) is 11.3 Å². The van der Waals surface area contributed by atoms with Crippen molar-refractivity contribution in [3.63, 3.8) is 0 Å². The highest BCUT2D eigenvalue weighted by Crippen LogP contribution is 2.19. The number of amides is 2. The molecule has 0 atom stereocenters. The van der Waals surface area contributed by atoms with Crippen molar-refractivity contribution >= 4 is 46.3 Å². The number of halogens is 3. The molecule has 2 heterocycles. The number of carbonyl (C=O) groups excluding carboxylic acids is 2. The summed E-state index contributed by atoms with van der Waals surface area (Å²) in [5.41, 5.74) is 0.165. The average molecular weight is 537 g/mol. The molecule has 13 heteroatoms. The molecule has 1 aliphatic heterocycles. The second-order valence-corrected chi connectivity index (χ2v) is 9.41. The smallest absolute Gasteiger partial charge is 0.360 e. The predicted molar refractivity (Wildman–Crippen MR) is 135 cm³/mol. The van der Waals surface area contributed by atoms with Gasteiger partial charge in [-0.1, -0.05) is 6.07 Å². The number of benzene rings is 1. The van der Waals surface area contributed by atoms with Crippen molar-refractivity contribution in [1.29, 1.82) is 5.26 Å². The number of nitrogens with zero attached hydrogens (tertiary/aromatic N) is 4. The quantitative estimate of drug-likeness (QED) is 0.525. The molecule has 1 aliphatic rings. The Labute approximate surface area is 215 Å². The maximum absolute atomic E-state index is 12.8. The van der Waals surface area contributed by atoms with Crippen molar-refractivity contribution in [1.82, 2.24) is 14.8 Å². The van der Waals surface area contributed by atoms with Crippen LogP contribution in [0.4, 0.5) is 24.5 Å². The monoisotopic (exact) mass is 536 g/mol. The summed E-state index contributed by atoms with van der Waals surface area (Å²) >= 11 is 0.818. The Morgan fingerprint density at radius 3 is 2.59 bits per heavy atom. The van der Waals surface area contributed by atoms with Crippen LogP contribution < -0.4 is 30.3 Å². The number of nitrogens with one attached hydrogen (secondary N) is 2. The molecule has 198 valence electrons. The molecule has 2 N–H and O–H groups in total. The van der Waals surface area contributed by atoms with Crippen LogP contribution in [0.3, 0.4) is 0 Å². The van der Waals surface area contributed by atoms with E-state index >= 15 is 0 Å². The number of nitriles is 1. The molecule has 0 spiro atoms. The van der Waals surface area contributed by atoms with Crippen molar-refractivity contribution in [2.75, 3.05) is 43.4 Å². The van der Waals surface area contributed by atoms with Gasteiger partial charge in [0.2, 0.25) is 5.91 Å². The third kappa shape index (κ3) is 7.21. The molecule has 0 radical (unpaired) electrons. The van der Waals surface area contributed by atoms with Gasteiger partial charge in [0.05, 0.1) is 6.54 Å². The summed E-state index contributed by atoms with van der Waals surface area (Å²) in [6.07, 6.45) is -1.07. The molecule has 0 bridgehead atoms. The second-order valence-electron chi connectivity index (χ2n) is 8.38. The molecule has 1 aromatic carbocycles. The predicted octanol–water partition coefficient (Wildman–Crippen LogP) is 1.19. The fraction of sp³-hybridized carbons (Fsp3) is 0.417.